The highest BCUT2D eigenvalue weighted by Gasteiger charge is 2.38. The summed E-state index contributed by atoms with van der Waals surface area (Å²) in [4.78, 5) is 24.9. The predicted octanol–water partition coefficient (Wildman–Crippen LogP) is 1.28. The molecule has 1 aromatic heterocycles. The third kappa shape index (κ3) is 2.73. The molecule has 2 N–H and O–H groups in total. The van der Waals surface area contributed by atoms with Crippen LogP contribution in [-0.2, 0) is 4.79 Å². The lowest BCUT2D eigenvalue weighted by Crippen LogP contribution is -2.47. The van der Waals surface area contributed by atoms with Crippen molar-refractivity contribution in [2.24, 2.45) is 5.73 Å². The minimum Gasteiger partial charge on any atom is -0.353 e. The Morgan fingerprint density at radius 2 is 1.96 bits per heavy atom. The Kier molecular flexibility index (Phi) is 3.90. The number of carbonyl (C=O) groups excluding carboxylic acids is 1. The fraction of sp³-hybridized carbons (Fsp3) is 0.389. The van der Waals surface area contributed by atoms with Crippen LogP contribution in [0.25, 0.3) is 11.3 Å². The van der Waals surface area contributed by atoms with Gasteiger partial charge in [0.15, 0.2) is 0 Å². The van der Waals surface area contributed by atoms with Gasteiger partial charge in [0.1, 0.15) is 12.1 Å². The zero-order valence-electron chi connectivity index (χ0n) is 13.5. The number of likely N-dealkylation sites (tertiary alicyclic amines) is 1. The topological polar surface area (TPSA) is 75.3 Å². The molecule has 3 heterocycles. The maximum Gasteiger partial charge on any atom is 0.223 e. The lowest BCUT2D eigenvalue weighted by molar-refractivity contribution is -0.129. The second-order valence-electron chi connectivity index (χ2n) is 6.45. The monoisotopic (exact) mass is 323 g/mol. The van der Waals surface area contributed by atoms with E-state index in [-0.39, 0.29) is 18.0 Å². The number of amides is 1. The molecule has 4 rings (SSSR count). The number of nitrogens with zero attached hydrogens (tertiary/aromatic N) is 4. The van der Waals surface area contributed by atoms with Crippen LogP contribution in [-0.4, -0.2) is 52.5 Å². The Labute approximate surface area is 141 Å². The van der Waals surface area contributed by atoms with E-state index in [1.807, 2.05) is 41.3 Å². The molecule has 0 saturated carbocycles. The summed E-state index contributed by atoms with van der Waals surface area (Å²) >= 11 is 0. The number of hydrogen-bond donors (Lipinski definition) is 1. The molecule has 124 valence electrons. The van der Waals surface area contributed by atoms with Gasteiger partial charge in [-0.05, 0) is 6.42 Å². The summed E-state index contributed by atoms with van der Waals surface area (Å²) in [5.41, 5.74) is 8.28. The first-order valence-corrected chi connectivity index (χ1v) is 8.40. The minimum atomic E-state index is -0.0396. The van der Waals surface area contributed by atoms with Crippen LogP contribution in [0.3, 0.4) is 0 Å². The van der Waals surface area contributed by atoms with Crippen LogP contribution < -0.4 is 10.6 Å². The van der Waals surface area contributed by atoms with Gasteiger partial charge < -0.3 is 15.5 Å². The second kappa shape index (κ2) is 6.20. The van der Waals surface area contributed by atoms with Gasteiger partial charge in [-0.15, -0.1) is 0 Å². The molecule has 6 heteroatoms. The molecular weight excluding hydrogens is 302 g/mol. The Hall–Kier alpha value is -2.47. The van der Waals surface area contributed by atoms with E-state index in [1.54, 1.807) is 6.33 Å². The molecule has 0 spiro atoms. The molecule has 1 amide bonds. The maximum absolute atomic E-state index is 12.0. The van der Waals surface area contributed by atoms with E-state index in [9.17, 15) is 4.79 Å². The van der Waals surface area contributed by atoms with Crippen molar-refractivity contribution >= 4 is 11.7 Å². The molecule has 24 heavy (non-hydrogen) atoms. The van der Waals surface area contributed by atoms with Crippen LogP contribution in [0, 0.1) is 0 Å². The fourth-order valence-electron chi connectivity index (χ4n) is 3.64. The number of benzene rings is 1. The number of aromatic nitrogens is 2. The molecule has 0 radical (unpaired) electrons. The number of anilines is 1. The van der Waals surface area contributed by atoms with Gasteiger partial charge in [0.05, 0.1) is 11.7 Å². The quantitative estimate of drug-likeness (QED) is 0.921. The fourth-order valence-corrected chi connectivity index (χ4v) is 3.64. The summed E-state index contributed by atoms with van der Waals surface area (Å²) in [5, 5.41) is 0. The van der Waals surface area contributed by atoms with E-state index in [1.165, 1.54) is 0 Å². The van der Waals surface area contributed by atoms with Crippen molar-refractivity contribution in [1.82, 2.24) is 14.9 Å². The third-order valence-corrected chi connectivity index (χ3v) is 4.89. The van der Waals surface area contributed by atoms with Gasteiger partial charge in [-0.1, -0.05) is 30.3 Å². The number of carbonyl (C=O) groups is 1. The molecule has 6 nitrogen and oxygen atoms in total. The Morgan fingerprint density at radius 3 is 2.71 bits per heavy atom. The van der Waals surface area contributed by atoms with Crippen LogP contribution in [0.5, 0.6) is 0 Å². The Balaban J connectivity index is 1.56. The normalized spacial score (nSPS) is 24.0. The van der Waals surface area contributed by atoms with Crippen molar-refractivity contribution in [3.8, 4) is 11.3 Å². The third-order valence-electron chi connectivity index (χ3n) is 4.89. The van der Waals surface area contributed by atoms with Crippen LogP contribution in [0.15, 0.2) is 42.7 Å². The highest BCUT2D eigenvalue weighted by molar-refractivity contribution is 5.78. The van der Waals surface area contributed by atoms with Crippen molar-refractivity contribution < 1.29 is 4.79 Å². The number of hydrogen-bond acceptors (Lipinski definition) is 5. The Morgan fingerprint density at radius 1 is 1.12 bits per heavy atom. The van der Waals surface area contributed by atoms with Gasteiger partial charge in [-0.25, -0.2) is 9.97 Å². The van der Waals surface area contributed by atoms with E-state index in [0.29, 0.717) is 13.0 Å². The molecule has 2 aliphatic heterocycles. The summed E-state index contributed by atoms with van der Waals surface area (Å²) in [5.74, 6) is 1.10. The van der Waals surface area contributed by atoms with Gasteiger partial charge >= 0.3 is 0 Å². The molecule has 0 unspecified atom stereocenters. The van der Waals surface area contributed by atoms with Crippen molar-refractivity contribution in [3.63, 3.8) is 0 Å². The molecular formula is C18H21N5O. The molecule has 2 atom stereocenters. The first kappa shape index (κ1) is 15.1. The average molecular weight is 323 g/mol. The van der Waals surface area contributed by atoms with E-state index in [2.05, 4.69) is 14.9 Å². The van der Waals surface area contributed by atoms with Gasteiger partial charge in [0.2, 0.25) is 5.91 Å². The van der Waals surface area contributed by atoms with E-state index in [0.717, 1.165) is 36.6 Å². The van der Waals surface area contributed by atoms with Gasteiger partial charge in [-0.3, -0.25) is 4.79 Å². The molecule has 1 aromatic carbocycles. The van der Waals surface area contributed by atoms with Crippen LogP contribution in [0.4, 0.5) is 5.82 Å². The molecule has 2 aliphatic rings. The largest absolute Gasteiger partial charge is 0.353 e. The summed E-state index contributed by atoms with van der Waals surface area (Å²) in [6.45, 7) is 2.27. The second-order valence-corrected chi connectivity index (χ2v) is 6.45. The Bertz CT molecular complexity index is 735. The zero-order chi connectivity index (χ0) is 16.5. The maximum atomic E-state index is 12.0. The standard InChI is InChI=1S/C18H21N5O/c19-14-10-22(11-16(14)23-8-4-7-18(23)24)17-9-15(20-12-21-17)13-5-2-1-3-6-13/h1-3,5-6,9,12,14,16H,4,7-8,10-11,19H2/t14-,16-/m0/s1. The first-order chi connectivity index (χ1) is 11.7. The van der Waals surface area contributed by atoms with Gasteiger partial charge in [-0.2, -0.15) is 0 Å². The van der Waals surface area contributed by atoms with Crippen molar-refractivity contribution in [1.29, 1.82) is 0 Å². The molecule has 0 bridgehead atoms. The van der Waals surface area contributed by atoms with Crippen molar-refractivity contribution in [3.05, 3.63) is 42.7 Å². The minimum absolute atomic E-state index is 0.0396. The SMILES string of the molecule is N[C@H]1CN(c2cc(-c3ccccc3)ncn2)C[C@@H]1N1CCCC1=O. The smallest absolute Gasteiger partial charge is 0.223 e. The van der Waals surface area contributed by atoms with E-state index >= 15 is 0 Å². The highest BCUT2D eigenvalue weighted by atomic mass is 16.2. The average Bonchev–Trinajstić information content (AvgIpc) is 3.21. The number of nitrogens with two attached hydrogens (primary N) is 1. The van der Waals surface area contributed by atoms with Crippen molar-refractivity contribution in [2.75, 3.05) is 24.5 Å². The highest BCUT2D eigenvalue weighted by Crippen LogP contribution is 2.26. The first-order valence-electron chi connectivity index (χ1n) is 8.40. The van der Waals surface area contributed by atoms with Gasteiger partial charge in [0.25, 0.3) is 0 Å². The lowest BCUT2D eigenvalue weighted by Gasteiger charge is -2.26. The molecule has 2 fully saturated rings. The zero-order valence-corrected chi connectivity index (χ0v) is 13.5. The van der Waals surface area contributed by atoms with E-state index in [4.69, 9.17) is 5.73 Å². The molecule has 2 saturated heterocycles. The van der Waals surface area contributed by atoms with Crippen LogP contribution in [0.2, 0.25) is 0 Å². The molecule has 2 aromatic rings. The van der Waals surface area contributed by atoms with E-state index < -0.39 is 0 Å². The molecule has 0 aliphatic carbocycles. The van der Waals surface area contributed by atoms with Crippen LogP contribution >= 0.6 is 0 Å². The van der Waals surface area contributed by atoms with Crippen molar-refractivity contribution in [2.45, 2.75) is 24.9 Å². The number of rotatable bonds is 3. The predicted molar refractivity (Wildman–Crippen MR) is 92.4 cm³/mol. The summed E-state index contributed by atoms with van der Waals surface area (Å²) in [6, 6.07) is 12.1. The summed E-state index contributed by atoms with van der Waals surface area (Å²) < 4.78 is 0. The summed E-state index contributed by atoms with van der Waals surface area (Å²) in [6.07, 6.45) is 3.18. The van der Waals surface area contributed by atoms with Crippen LogP contribution in [0.1, 0.15) is 12.8 Å². The summed E-state index contributed by atoms with van der Waals surface area (Å²) in [7, 11) is 0. The lowest BCUT2D eigenvalue weighted by atomic mass is 10.1. The van der Waals surface area contributed by atoms with Gasteiger partial charge in [0, 0.05) is 43.7 Å².